The average Bonchev–Trinajstić information content (AvgIpc) is 2.56. The molecule has 0 unspecified atom stereocenters. The lowest BCUT2D eigenvalue weighted by Crippen LogP contribution is -2.49. The van der Waals surface area contributed by atoms with E-state index >= 15 is 0 Å². The van der Waals surface area contributed by atoms with Crippen LogP contribution < -0.4 is 5.56 Å². The molecule has 2 aliphatic rings. The van der Waals surface area contributed by atoms with Gasteiger partial charge in [-0.05, 0) is 39.5 Å². The summed E-state index contributed by atoms with van der Waals surface area (Å²) >= 11 is 0. The highest BCUT2D eigenvalue weighted by Gasteiger charge is 2.30. The minimum absolute atomic E-state index is 0.0242. The molecule has 0 saturated carbocycles. The SMILES string of the molecule is C[C@@H]1CCC[C@@H](C)N1C(=O)Cn1cnc2c(c1=O)CCN(S(C)(=O)=O)C2. The number of sulfonamides is 1. The van der Waals surface area contributed by atoms with Gasteiger partial charge >= 0.3 is 0 Å². The van der Waals surface area contributed by atoms with E-state index in [1.165, 1.54) is 15.2 Å². The average molecular weight is 382 g/mol. The Morgan fingerprint density at radius 3 is 2.54 bits per heavy atom. The zero-order valence-corrected chi connectivity index (χ0v) is 16.3. The number of carbonyl (C=O) groups excluding carboxylic acids is 1. The normalized spacial score (nSPS) is 24.3. The third kappa shape index (κ3) is 3.68. The highest BCUT2D eigenvalue weighted by Crippen LogP contribution is 2.23. The van der Waals surface area contributed by atoms with Crippen LogP contribution in [0.2, 0.25) is 0 Å². The number of piperidine rings is 1. The zero-order valence-electron chi connectivity index (χ0n) is 15.5. The lowest BCUT2D eigenvalue weighted by Gasteiger charge is -2.39. The smallest absolute Gasteiger partial charge is 0.257 e. The van der Waals surface area contributed by atoms with Gasteiger partial charge < -0.3 is 4.90 Å². The summed E-state index contributed by atoms with van der Waals surface area (Å²) in [5.74, 6) is -0.0675. The molecule has 2 atom stereocenters. The van der Waals surface area contributed by atoms with Crippen LogP contribution >= 0.6 is 0 Å². The maximum atomic E-state index is 12.7. The minimum Gasteiger partial charge on any atom is -0.336 e. The van der Waals surface area contributed by atoms with E-state index in [1.807, 2.05) is 18.7 Å². The summed E-state index contributed by atoms with van der Waals surface area (Å²) in [5, 5.41) is 0. The van der Waals surface area contributed by atoms with Gasteiger partial charge in [0.25, 0.3) is 5.56 Å². The summed E-state index contributed by atoms with van der Waals surface area (Å²) < 4.78 is 26.1. The molecule has 3 heterocycles. The Morgan fingerprint density at radius 2 is 1.92 bits per heavy atom. The minimum atomic E-state index is -3.31. The second kappa shape index (κ2) is 7.11. The topological polar surface area (TPSA) is 92.6 Å². The zero-order chi connectivity index (χ0) is 19.1. The molecule has 0 radical (unpaired) electrons. The summed E-state index contributed by atoms with van der Waals surface area (Å²) in [6.07, 6.45) is 5.91. The van der Waals surface area contributed by atoms with E-state index in [1.54, 1.807) is 0 Å². The molecule has 144 valence electrons. The summed E-state index contributed by atoms with van der Waals surface area (Å²) in [6.45, 7) is 4.44. The van der Waals surface area contributed by atoms with Gasteiger partial charge in [-0.25, -0.2) is 13.4 Å². The maximum Gasteiger partial charge on any atom is 0.257 e. The maximum absolute atomic E-state index is 12.7. The monoisotopic (exact) mass is 382 g/mol. The van der Waals surface area contributed by atoms with Gasteiger partial charge in [-0.15, -0.1) is 0 Å². The van der Waals surface area contributed by atoms with Crippen LogP contribution in [0.4, 0.5) is 0 Å². The highest BCUT2D eigenvalue weighted by atomic mass is 32.2. The number of likely N-dealkylation sites (tertiary alicyclic amines) is 1. The molecule has 2 aliphatic heterocycles. The molecular formula is C17H26N4O4S. The fraction of sp³-hybridized carbons (Fsp3) is 0.706. The van der Waals surface area contributed by atoms with Gasteiger partial charge in [0, 0.05) is 24.2 Å². The standard InChI is InChI=1S/C17H26N4O4S/c1-12-5-4-6-13(2)21(12)16(22)10-19-11-18-15-9-20(26(3,24)25)8-7-14(15)17(19)23/h11-13H,4-10H2,1-3H3/t12-,13-/m1/s1. The van der Waals surface area contributed by atoms with E-state index < -0.39 is 10.0 Å². The van der Waals surface area contributed by atoms with Crippen molar-refractivity contribution in [3.05, 3.63) is 27.9 Å². The van der Waals surface area contributed by atoms with E-state index in [0.29, 0.717) is 17.7 Å². The summed E-state index contributed by atoms with van der Waals surface area (Å²) in [5.41, 5.74) is 0.754. The number of hydrogen-bond donors (Lipinski definition) is 0. The van der Waals surface area contributed by atoms with Gasteiger partial charge in [0.15, 0.2) is 0 Å². The molecule has 0 aromatic carbocycles. The van der Waals surface area contributed by atoms with Crippen LogP contribution in [0.1, 0.15) is 44.4 Å². The first-order valence-electron chi connectivity index (χ1n) is 9.02. The Balaban J connectivity index is 1.81. The van der Waals surface area contributed by atoms with Crippen LogP contribution in [-0.4, -0.2) is 58.0 Å². The van der Waals surface area contributed by atoms with Gasteiger partial charge in [-0.3, -0.25) is 14.2 Å². The number of fused-ring (bicyclic) bond motifs is 1. The van der Waals surface area contributed by atoms with Crippen LogP contribution in [0.25, 0.3) is 0 Å². The Bertz CT molecular complexity index is 854. The molecule has 1 aromatic heterocycles. The Kier molecular flexibility index (Phi) is 5.21. The lowest BCUT2D eigenvalue weighted by molar-refractivity contribution is -0.138. The second-order valence-electron chi connectivity index (χ2n) is 7.38. The summed E-state index contributed by atoms with van der Waals surface area (Å²) in [6, 6.07) is 0.353. The molecule has 1 aromatic rings. The summed E-state index contributed by atoms with van der Waals surface area (Å²) in [4.78, 5) is 31.6. The number of hydrogen-bond acceptors (Lipinski definition) is 5. The first kappa shape index (κ1) is 19.0. The van der Waals surface area contributed by atoms with Crippen LogP contribution in [0.15, 0.2) is 11.1 Å². The molecular weight excluding hydrogens is 356 g/mol. The molecule has 1 saturated heterocycles. The molecule has 0 N–H and O–H groups in total. The van der Waals surface area contributed by atoms with Gasteiger partial charge in [-0.2, -0.15) is 4.31 Å². The van der Waals surface area contributed by atoms with Crippen molar-refractivity contribution in [3.63, 3.8) is 0 Å². The van der Waals surface area contributed by atoms with Crippen molar-refractivity contribution in [1.82, 2.24) is 18.8 Å². The van der Waals surface area contributed by atoms with Crippen molar-refractivity contribution in [1.29, 1.82) is 0 Å². The molecule has 0 bridgehead atoms. The first-order chi connectivity index (χ1) is 12.2. The largest absolute Gasteiger partial charge is 0.336 e. The van der Waals surface area contributed by atoms with E-state index in [2.05, 4.69) is 4.98 Å². The van der Waals surface area contributed by atoms with Gasteiger partial charge in [-0.1, -0.05) is 0 Å². The Labute approximate surface area is 153 Å². The molecule has 0 spiro atoms. The highest BCUT2D eigenvalue weighted by molar-refractivity contribution is 7.88. The van der Waals surface area contributed by atoms with Gasteiger partial charge in [0.05, 0.1) is 24.8 Å². The van der Waals surface area contributed by atoms with E-state index in [-0.39, 0.29) is 43.2 Å². The summed E-state index contributed by atoms with van der Waals surface area (Å²) in [7, 11) is -3.31. The number of amides is 1. The Morgan fingerprint density at radius 1 is 1.27 bits per heavy atom. The predicted molar refractivity (Wildman–Crippen MR) is 97.1 cm³/mol. The molecule has 1 amide bonds. The number of carbonyl (C=O) groups is 1. The van der Waals surface area contributed by atoms with Crippen LogP contribution in [0.5, 0.6) is 0 Å². The van der Waals surface area contributed by atoms with Gasteiger partial charge in [0.1, 0.15) is 6.54 Å². The molecule has 1 fully saturated rings. The predicted octanol–water partition coefficient (Wildman–Crippen LogP) is 0.351. The third-order valence-corrected chi connectivity index (χ3v) is 6.66. The van der Waals surface area contributed by atoms with Crippen molar-refractivity contribution in [2.75, 3.05) is 12.8 Å². The number of aromatic nitrogens is 2. The van der Waals surface area contributed by atoms with E-state index in [9.17, 15) is 18.0 Å². The lowest BCUT2D eigenvalue weighted by atomic mass is 9.97. The van der Waals surface area contributed by atoms with E-state index in [0.717, 1.165) is 25.5 Å². The number of nitrogens with zero attached hydrogens (tertiary/aromatic N) is 4. The first-order valence-corrected chi connectivity index (χ1v) is 10.9. The molecule has 8 nitrogen and oxygen atoms in total. The fourth-order valence-electron chi connectivity index (χ4n) is 3.97. The van der Waals surface area contributed by atoms with Gasteiger partial charge in [0.2, 0.25) is 15.9 Å². The molecule has 0 aliphatic carbocycles. The van der Waals surface area contributed by atoms with E-state index in [4.69, 9.17) is 0 Å². The van der Waals surface area contributed by atoms with Crippen molar-refractivity contribution in [3.8, 4) is 0 Å². The van der Waals surface area contributed by atoms with Crippen LogP contribution in [0.3, 0.4) is 0 Å². The fourth-order valence-corrected chi connectivity index (χ4v) is 4.75. The van der Waals surface area contributed by atoms with Crippen molar-refractivity contribution in [2.45, 2.75) is 64.7 Å². The van der Waals surface area contributed by atoms with Crippen molar-refractivity contribution >= 4 is 15.9 Å². The molecule has 9 heteroatoms. The Hall–Kier alpha value is -1.74. The number of rotatable bonds is 3. The quantitative estimate of drug-likeness (QED) is 0.752. The van der Waals surface area contributed by atoms with Crippen molar-refractivity contribution in [2.24, 2.45) is 0 Å². The van der Waals surface area contributed by atoms with Crippen LogP contribution in [-0.2, 0) is 34.3 Å². The molecule has 3 rings (SSSR count). The van der Waals surface area contributed by atoms with Crippen molar-refractivity contribution < 1.29 is 13.2 Å². The second-order valence-corrected chi connectivity index (χ2v) is 9.36. The van der Waals surface area contributed by atoms with Crippen LogP contribution in [0, 0.1) is 0 Å². The molecule has 26 heavy (non-hydrogen) atoms. The third-order valence-electron chi connectivity index (χ3n) is 5.41.